The fourth-order valence-corrected chi connectivity index (χ4v) is 1.06. The molecule has 0 fully saturated rings. The molecule has 0 atom stereocenters. The van der Waals surface area contributed by atoms with Gasteiger partial charge in [0.25, 0.3) is 0 Å². The van der Waals surface area contributed by atoms with Gasteiger partial charge < -0.3 is 0 Å². The Bertz CT molecular complexity index is 384. The number of nitrogens with zero attached hydrogens (tertiary/aromatic N) is 1. The lowest BCUT2D eigenvalue weighted by atomic mass is 10.3. The van der Waals surface area contributed by atoms with Crippen LogP contribution in [0.1, 0.15) is 26.2 Å². The zero-order valence-corrected chi connectivity index (χ0v) is 11.0. The minimum absolute atomic E-state index is 0.468. The van der Waals surface area contributed by atoms with Crippen LogP contribution in [0.4, 0.5) is 0 Å². The Labute approximate surface area is 111 Å². The second-order valence-electron chi connectivity index (χ2n) is 3.49. The SMILES string of the molecule is CCC=CC=CC=CCC=CC=CC=CCC#N. The van der Waals surface area contributed by atoms with Gasteiger partial charge in [-0.15, -0.1) is 0 Å². The summed E-state index contributed by atoms with van der Waals surface area (Å²) in [4.78, 5) is 0. The first-order valence-electron chi connectivity index (χ1n) is 6.25. The number of hydrogen-bond acceptors (Lipinski definition) is 1. The van der Waals surface area contributed by atoms with Crippen LogP contribution in [0.3, 0.4) is 0 Å². The minimum Gasteiger partial charge on any atom is -0.198 e. The van der Waals surface area contributed by atoms with Crippen LogP contribution in [0, 0.1) is 11.3 Å². The van der Waals surface area contributed by atoms with Crippen LogP contribution in [-0.2, 0) is 0 Å². The summed E-state index contributed by atoms with van der Waals surface area (Å²) in [6.45, 7) is 2.12. The Morgan fingerprint density at radius 2 is 1.22 bits per heavy atom. The van der Waals surface area contributed by atoms with Crippen LogP contribution in [0.5, 0.6) is 0 Å². The van der Waals surface area contributed by atoms with E-state index >= 15 is 0 Å². The van der Waals surface area contributed by atoms with Gasteiger partial charge in [0, 0.05) is 0 Å². The highest BCUT2D eigenvalue weighted by Crippen LogP contribution is 1.90. The van der Waals surface area contributed by atoms with Crippen molar-refractivity contribution >= 4 is 0 Å². The molecule has 0 radical (unpaired) electrons. The summed E-state index contributed by atoms with van der Waals surface area (Å²) in [5.74, 6) is 0. The maximum atomic E-state index is 8.30. The van der Waals surface area contributed by atoms with Crippen LogP contribution in [0.15, 0.2) is 72.9 Å². The third-order valence-corrected chi connectivity index (χ3v) is 1.93. The molecule has 0 amide bonds. The van der Waals surface area contributed by atoms with Crippen molar-refractivity contribution in [3.05, 3.63) is 72.9 Å². The highest BCUT2D eigenvalue weighted by Gasteiger charge is 1.69. The van der Waals surface area contributed by atoms with E-state index in [0.717, 1.165) is 12.8 Å². The van der Waals surface area contributed by atoms with E-state index in [0.29, 0.717) is 6.42 Å². The molecule has 0 heterocycles. The second kappa shape index (κ2) is 14.9. The monoisotopic (exact) mass is 239 g/mol. The Kier molecular flexibility index (Phi) is 13.2. The van der Waals surface area contributed by atoms with Crippen molar-refractivity contribution in [2.24, 2.45) is 0 Å². The highest BCUT2D eigenvalue weighted by molar-refractivity contribution is 5.14. The van der Waals surface area contributed by atoms with Crippen LogP contribution < -0.4 is 0 Å². The molecule has 0 saturated heterocycles. The van der Waals surface area contributed by atoms with E-state index in [-0.39, 0.29) is 0 Å². The van der Waals surface area contributed by atoms with Crippen molar-refractivity contribution in [2.75, 3.05) is 0 Å². The van der Waals surface area contributed by atoms with Gasteiger partial charge >= 0.3 is 0 Å². The van der Waals surface area contributed by atoms with Crippen LogP contribution >= 0.6 is 0 Å². The van der Waals surface area contributed by atoms with E-state index in [9.17, 15) is 0 Å². The van der Waals surface area contributed by atoms with Gasteiger partial charge in [0.05, 0.1) is 12.5 Å². The number of nitriles is 1. The fourth-order valence-electron chi connectivity index (χ4n) is 1.06. The molecule has 94 valence electrons. The van der Waals surface area contributed by atoms with E-state index in [2.05, 4.69) is 37.3 Å². The van der Waals surface area contributed by atoms with Gasteiger partial charge in [-0.1, -0.05) is 79.8 Å². The maximum absolute atomic E-state index is 8.30. The molecule has 0 aliphatic rings. The van der Waals surface area contributed by atoms with Gasteiger partial charge in [-0.25, -0.2) is 0 Å². The first kappa shape index (κ1) is 15.9. The smallest absolute Gasteiger partial charge is 0.0663 e. The lowest BCUT2D eigenvalue weighted by molar-refractivity contribution is 1.22. The van der Waals surface area contributed by atoms with Crippen molar-refractivity contribution in [2.45, 2.75) is 26.2 Å². The number of hydrogen-bond donors (Lipinski definition) is 0. The summed E-state index contributed by atoms with van der Waals surface area (Å²) >= 11 is 0. The highest BCUT2D eigenvalue weighted by atomic mass is 14.2. The van der Waals surface area contributed by atoms with Crippen molar-refractivity contribution in [3.63, 3.8) is 0 Å². The van der Waals surface area contributed by atoms with E-state index < -0.39 is 0 Å². The molecule has 1 nitrogen and oxygen atoms in total. The topological polar surface area (TPSA) is 23.8 Å². The Morgan fingerprint density at radius 3 is 1.72 bits per heavy atom. The van der Waals surface area contributed by atoms with Crippen LogP contribution in [0.2, 0.25) is 0 Å². The number of allylic oxidation sites excluding steroid dienone is 12. The summed E-state index contributed by atoms with van der Waals surface area (Å²) < 4.78 is 0. The second-order valence-corrected chi connectivity index (χ2v) is 3.49. The average Bonchev–Trinajstić information content (AvgIpc) is 2.39. The fraction of sp³-hybridized carbons (Fsp3) is 0.235. The third kappa shape index (κ3) is 13.9. The lowest BCUT2D eigenvalue weighted by Crippen LogP contribution is -1.58. The quantitative estimate of drug-likeness (QED) is 0.544. The zero-order chi connectivity index (χ0) is 13.3. The molecule has 0 aromatic heterocycles. The molecule has 0 rings (SSSR count). The largest absolute Gasteiger partial charge is 0.198 e. The zero-order valence-electron chi connectivity index (χ0n) is 11.0. The summed E-state index contributed by atoms with van der Waals surface area (Å²) in [7, 11) is 0. The van der Waals surface area contributed by atoms with Gasteiger partial charge in [0.15, 0.2) is 0 Å². The average molecular weight is 239 g/mol. The first-order valence-corrected chi connectivity index (χ1v) is 6.25. The Balaban J connectivity index is 3.65. The van der Waals surface area contributed by atoms with Crippen molar-refractivity contribution in [3.8, 4) is 6.07 Å². The van der Waals surface area contributed by atoms with Gasteiger partial charge in [-0.3, -0.25) is 0 Å². The molecule has 0 saturated carbocycles. The molecular weight excluding hydrogens is 218 g/mol. The van der Waals surface area contributed by atoms with Crippen LogP contribution in [0.25, 0.3) is 0 Å². The Morgan fingerprint density at radius 1 is 0.722 bits per heavy atom. The van der Waals surface area contributed by atoms with Gasteiger partial charge in [-0.2, -0.15) is 5.26 Å². The summed E-state index contributed by atoms with van der Waals surface area (Å²) in [5.41, 5.74) is 0. The molecule has 0 spiro atoms. The van der Waals surface area contributed by atoms with Crippen molar-refractivity contribution in [1.82, 2.24) is 0 Å². The van der Waals surface area contributed by atoms with E-state index in [4.69, 9.17) is 5.26 Å². The number of rotatable bonds is 8. The standard InChI is InChI=1S/C17H21N/c1-2-3-4-5-6-7-8-9-10-11-12-13-14-15-16-17-18/h3-8,10-15H,2,9,16H2,1H3. The van der Waals surface area contributed by atoms with Crippen molar-refractivity contribution < 1.29 is 0 Å². The van der Waals surface area contributed by atoms with Gasteiger partial charge in [0.1, 0.15) is 0 Å². The van der Waals surface area contributed by atoms with Crippen LogP contribution in [-0.4, -0.2) is 0 Å². The first-order chi connectivity index (χ1) is 8.91. The summed E-state index contributed by atoms with van der Waals surface area (Å²) in [6.07, 6.45) is 26.5. The summed E-state index contributed by atoms with van der Waals surface area (Å²) in [6, 6.07) is 2.05. The molecule has 1 heteroatoms. The predicted octanol–water partition coefficient (Wildman–Crippen LogP) is 5.04. The summed E-state index contributed by atoms with van der Waals surface area (Å²) in [5, 5.41) is 8.30. The molecule has 0 bridgehead atoms. The van der Waals surface area contributed by atoms with E-state index in [1.165, 1.54) is 0 Å². The lowest BCUT2D eigenvalue weighted by Gasteiger charge is -1.79. The van der Waals surface area contributed by atoms with Gasteiger partial charge in [-0.05, 0) is 12.8 Å². The van der Waals surface area contributed by atoms with Crippen molar-refractivity contribution in [1.29, 1.82) is 5.26 Å². The minimum atomic E-state index is 0.468. The molecule has 0 unspecified atom stereocenters. The normalized spacial score (nSPS) is 13.1. The van der Waals surface area contributed by atoms with E-state index in [1.807, 2.05) is 48.6 Å². The molecule has 0 aliphatic carbocycles. The Hall–Kier alpha value is -2.07. The molecule has 0 aliphatic heterocycles. The maximum Gasteiger partial charge on any atom is 0.0663 e. The molecule has 0 aromatic rings. The molecular formula is C17H21N. The molecule has 18 heavy (non-hydrogen) atoms. The predicted molar refractivity (Wildman–Crippen MR) is 80.0 cm³/mol. The van der Waals surface area contributed by atoms with E-state index in [1.54, 1.807) is 0 Å². The molecule has 0 N–H and O–H groups in total. The molecule has 0 aromatic carbocycles. The third-order valence-electron chi connectivity index (χ3n) is 1.93. The van der Waals surface area contributed by atoms with Gasteiger partial charge in [0.2, 0.25) is 0 Å².